The number of nitrogens with zero attached hydrogens (tertiary/aromatic N) is 3. The van der Waals surface area contributed by atoms with Crippen molar-refractivity contribution in [1.29, 1.82) is 0 Å². The molecule has 5 nitrogen and oxygen atoms in total. The zero-order chi connectivity index (χ0) is 19.7. The summed E-state index contributed by atoms with van der Waals surface area (Å²) in [5, 5.41) is 0.766. The first-order chi connectivity index (χ1) is 13.5. The van der Waals surface area contributed by atoms with Crippen molar-refractivity contribution >= 4 is 40.1 Å². The van der Waals surface area contributed by atoms with E-state index in [9.17, 15) is 9.18 Å². The maximum Gasteiger partial charge on any atom is 0.242 e. The zero-order valence-electron chi connectivity index (χ0n) is 15.0. The molecule has 1 saturated heterocycles. The van der Waals surface area contributed by atoms with Crippen LogP contribution in [-0.2, 0) is 22.5 Å². The van der Waals surface area contributed by atoms with Gasteiger partial charge in [-0.05, 0) is 23.8 Å². The first-order valence-electron chi connectivity index (χ1n) is 8.96. The van der Waals surface area contributed by atoms with E-state index < -0.39 is 0 Å². The topological polar surface area (TPSA) is 47.4 Å². The van der Waals surface area contributed by atoms with Crippen LogP contribution >= 0.6 is 23.2 Å². The van der Waals surface area contributed by atoms with Crippen LogP contribution in [0.15, 0.2) is 36.4 Å². The number of halogens is 3. The molecule has 0 atom stereocenters. The molecule has 0 N–H and O–H groups in total. The number of hydrogen-bond donors (Lipinski definition) is 0. The summed E-state index contributed by atoms with van der Waals surface area (Å²) < 4.78 is 21.3. The number of carbonyl (C=O) groups excluding carboxylic acids is 1. The smallest absolute Gasteiger partial charge is 0.242 e. The van der Waals surface area contributed by atoms with E-state index in [2.05, 4.69) is 4.98 Å². The molecule has 0 unspecified atom stereocenters. The van der Waals surface area contributed by atoms with Gasteiger partial charge in [0, 0.05) is 19.5 Å². The van der Waals surface area contributed by atoms with Crippen molar-refractivity contribution in [3.8, 4) is 0 Å². The summed E-state index contributed by atoms with van der Waals surface area (Å²) in [6, 6.07) is 9.91. The van der Waals surface area contributed by atoms with Gasteiger partial charge in [-0.3, -0.25) is 4.79 Å². The Hall–Kier alpha value is -2.15. The average Bonchev–Trinajstić information content (AvgIpc) is 3.01. The predicted octanol–water partition coefficient (Wildman–Crippen LogP) is 3.93. The highest BCUT2D eigenvalue weighted by Gasteiger charge is 2.21. The van der Waals surface area contributed by atoms with Gasteiger partial charge in [0.05, 0.1) is 34.3 Å². The first-order valence-corrected chi connectivity index (χ1v) is 9.71. The highest BCUT2D eigenvalue weighted by molar-refractivity contribution is 6.42. The minimum atomic E-state index is -0.309. The molecular weight excluding hydrogens is 404 g/mol. The predicted molar refractivity (Wildman–Crippen MR) is 106 cm³/mol. The minimum Gasteiger partial charge on any atom is -0.378 e. The summed E-state index contributed by atoms with van der Waals surface area (Å²) in [5.41, 5.74) is 1.83. The van der Waals surface area contributed by atoms with Gasteiger partial charge in [0.1, 0.15) is 18.2 Å². The third-order valence-corrected chi connectivity index (χ3v) is 5.56. The van der Waals surface area contributed by atoms with E-state index in [-0.39, 0.29) is 24.7 Å². The van der Waals surface area contributed by atoms with Crippen molar-refractivity contribution in [2.75, 3.05) is 26.3 Å². The maximum atomic E-state index is 14.2. The largest absolute Gasteiger partial charge is 0.378 e. The van der Waals surface area contributed by atoms with Crippen LogP contribution in [0.5, 0.6) is 0 Å². The maximum absolute atomic E-state index is 14.2. The molecule has 0 aliphatic carbocycles. The Morgan fingerprint density at radius 3 is 2.61 bits per heavy atom. The number of ether oxygens (including phenoxy) is 1. The molecule has 2 aromatic carbocycles. The van der Waals surface area contributed by atoms with E-state index in [1.165, 1.54) is 6.07 Å². The first kappa shape index (κ1) is 19.2. The van der Waals surface area contributed by atoms with Gasteiger partial charge in [-0.1, -0.05) is 41.4 Å². The normalized spacial score (nSPS) is 14.6. The van der Waals surface area contributed by atoms with Gasteiger partial charge >= 0.3 is 0 Å². The number of morpholine rings is 1. The van der Waals surface area contributed by atoms with Crippen molar-refractivity contribution in [3.63, 3.8) is 0 Å². The monoisotopic (exact) mass is 421 g/mol. The van der Waals surface area contributed by atoms with Gasteiger partial charge in [-0.15, -0.1) is 0 Å². The van der Waals surface area contributed by atoms with Crippen LogP contribution in [-0.4, -0.2) is 46.7 Å². The van der Waals surface area contributed by atoms with Gasteiger partial charge in [-0.2, -0.15) is 0 Å². The van der Waals surface area contributed by atoms with E-state index in [1.54, 1.807) is 39.8 Å². The fourth-order valence-corrected chi connectivity index (χ4v) is 3.66. The van der Waals surface area contributed by atoms with Crippen molar-refractivity contribution in [2.45, 2.75) is 13.0 Å². The quantitative estimate of drug-likeness (QED) is 0.640. The fraction of sp³-hybridized carbons (Fsp3) is 0.300. The molecule has 1 amide bonds. The van der Waals surface area contributed by atoms with Crippen molar-refractivity contribution < 1.29 is 13.9 Å². The molecule has 1 aromatic heterocycles. The number of benzene rings is 2. The highest BCUT2D eigenvalue weighted by Crippen LogP contribution is 2.29. The van der Waals surface area contributed by atoms with Gasteiger partial charge in [0.25, 0.3) is 0 Å². The van der Waals surface area contributed by atoms with E-state index >= 15 is 0 Å². The molecule has 8 heteroatoms. The van der Waals surface area contributed by atoms with Gasteiger partial charge < -0.3 is 14.2 Å². The Labute approximate surface area is 171 Å². The lowest BCUT2D eigenvalue weighted by Crippen LogP contribution is -2.42. The molecule has 1 aliphatic rings. The molecule has 28 heavy (non-hydrogen) atoms. The van der Waals surface area contributed by atoms with Gasteiger partial charge in [-0.25, -0.2) is 9.37 Å². The Morgan fingerprint density at radius 1 is 1.14 bits per heavy atom. The number of fused-ring (bicyclic) bond motifs is 1. The number of amides is 1. The summed E-state index contributed by atoms with van der Waals surface area (Å²) in [5.74, 6) is 0.236. The fourth-order valence-electron chi connectivity index (χ4n) is 3.34. The van der Waals surface area contributed by atoms with Crippen molar-refractivity contribution in [1.82, 2.24) is 14.5 Å². The van der Waals surface area contributed by atoms with E-state index in [0.29, 0.717) is 58.8 Å². The number of aromatic nitrogens is 2. The summed E-state index contributed by atoms with van der Waals surface area (Å²) in [7, 11) is 0. The molecule has 1 aliphatic heterocycles. The van der Waals surface area contributed by atoms with E-state index in [0.717, 1.165) is 0 Å². The number of imidazole rings is 1. The Morgan fingerprint density at radius 2 is 1.86 bits per heavy atom. The standard InChI is InChI=1S/C20H18Cl2FN3O2/c21-14-10-17-18(11-15(14)22)26(12-20(27)25-5-7-28-8-6-25)19(24-17)9-13-3-1-2-4-16(13)23/h1-4,10-11H,5-9,12H2. The third-order valence-electron chi connectivity index (χ3n) is 4.83. The molecule has 146 valence electrons. The Bertz CT molecular complexity index is 1030. The number of carbonyl (C=O) groups is 1. The molecule has 0 bridgehead atoms. The van der Waals surface area contributed by atoms with Crippen LogP contribution in [0, 0.1) is 5.82 Å². The Balaban J connectivity index is 1.74. The van der Waals surface area contributed by atoms with Crippen LogP contribution in [0.1, 0.15) is 11.4 Å². The third kappa shape index (κ3) is 3.85. The molecule has 3 aromatic rings. The van der Waals surface area contributed by atoms with Crippen LogP contribution < -0.4 is 0 Å². The SMILES string of the molecule is O=C(Cn1c(Cc2ccccc2F)nc2cc(Cl)c(Cl)cc21)N1CCOCC1. The number of rotatable bonds is 4. The second-order valence-corrected chi connectivity index (χ2v) is 7.44. The Kier molecular flexibility index (Phi) is 5.53. The summed E-state index contributed by atoms with van der Waals surface area (Å²) in [6.45, 7) is 2.26. The van der Waals surface area contributed by atoms with Crippen molar-refractivity contribution in [3.05, 3.63) is 63.6 Å². The lowest BCUT2D eigenvalue weighted by Gasteiger charge is -2.27. The van der Waals surface area contributed by atoms with Crippen molar-refractivity contribution in [2.24, 2.45) is 0 Å². The van der Waals surface area contributed by atoms with Crippen LogP contribution in [0.3, 0.4) is 0 Å². The van der Waals surface area contributed by atoms with Gasteiger partial charge in [0.15, 0.2) is 0 Å². The summed E-state index contributed by atoms with van der Waals surface area (Å²) in [6.07, 6.45) is 0.257. The number of hydrogen-bond acceptors (Lipinski definition) is 3. The average molecular weight is 422 g/mol. The van der Waals surface area contributed by atoms with Crippen LogP contribution in [0.25, 0.3) is 11.0 Å². The minimum absolute atomic E-state index is 0.0385. The summed E-state index contributed by atoms with van der Waals surface area (Å²) >= 11 is 12.3. The lowest BCUT2D eigenvalue weighted by atomic mass is 10.1. The second kappa shape index (κ2) is 8.07. The van der Waals surface area contributed by atoms with Gasteiger partial charge in [0.2, 0.25) is 5.91 Å². The molecule has 4 rings (SSSR count). The zero-order valence-corrected chi connectivity index (χ0v) is 16.5. The van der Waals surface area contributed by atoms with Crippen LogP contribution in [0.4, 0.5) is 4.39 Å². The molecule has 0 saturated carbocycles. The summed E-state index contributed by atoms with van der Waals surface area (Å²) in [4.78, 5) is 19.2. The van der Waals surface area contributed by atoms with E-state index in [1.807, 2.05) is 0 Å². The molecule has 2 heterocycles. The molecule has 0 spiro atoms. The van der Waals surface area contributed by atoms with Crippen LogP contribution in [0.2, 0.25) is 10.0 Å². The molecule has 1 fully saturated rings. The lowest BCUT2D eigenvalue weighted by molar-refractivity contribution is -0.135. The molecular formula is C20H18Cl2FN3O2. The van der Waals surface area contributed by atoms with E-state index in [4.69, 9.17) is 27.9 Å². The highest BCUT2D eigenvalue weighted by atomic mass is 35.5. The molecule has 0 radical (unpaired) electrons. The second-order valence-electron chi connectivity index (χ2n) is 6.63.